The van der Waals surface area contributed by atoms with Crippen LogP contribution in [-0.2, 0) is 0 Å². The average Bonchev–Trinajstić information content (AvgIpc) is 2.77. The predicted molar refractivity (Wildman–Crippen MR) is 82.4 cm³/mol. The highest BCUT2D eigenvalue weighted by molar-refractivity contribution is 5.82. The third kappa shape index (κ3) is 2.09. The van der Waals surface area contributed by atoms with Crippen molar-refractivity contribution in [1.82, 2.24) is 4.98 Å². The number of nitrogens with two attached hydrogens (primary N) is 1. The van der Waals surface area contributed by atoms with Gasteiger partial charge in [-0.15, -0.1) is 0 Å². The number of aromatic nitrogens is 1. The zero-order valence-corrected chi connectivity index (χ0v) is 11.8. The highest BCUT2D eigenvalue weighted by Gasteiger charge is 2.10. The van der Waals surface area contributed by atoms with E-state index in [0.717, 1.165) is 33.7 Å². The number of fused-ring (bicyclic) bond motifs is 1. The number of anilines is 3. The lowest BCUT2D eigenvalue weighted by Crippen LogP contribution is -2.11. The molecule has 0 atom stereocenters. The summed E-state index contributed by atoms with van der Waals surface area (Å²) in [6.07, 6.45) is 0. The summed E-state index contributed by atoms with van der Waals surface area (Å²) in [5.74, 6) is 0.676. The van der Waals surface area contributed by atoms with Crippen LogP contribution in [0, 0.1) is 13.8 Å². The number of nitrogens with zero attached hydrogens (tertiary/aromatic N) is 2. The van der Waals surface area contributed by atoms with Crippen molar-refractivity contribution < 1.29 is 4.42 Å². The Bertz CT molecular complexity index is 776. The molecule has 4 heteroatoms. The lowest BCUT2D eigenvalue weighted by molar-refractivity contribution is 0.561. The fourth-order valence-electron chi connectivity index (χ4n) is 2.36. The van der Waals surface area contributed by atoms with Crippen LogP contribution in [0.5, 0.6) is 0 Å². The van der Waals surface area contributed by atoms with Gasteiger partial charge in [0.1, 0.15) is 5.52 Å². The predicted octanol–water partition coefficient (Wildman–Crippen LogP) is 3.79. The number of hydrogen-bond acceptors (Lipinski definition) is 4. The van der Waals surface area contributed by atoms with Crippen molar-refractivity contribution in [2.75, 3.05) is 17.7 Å². The van der Waals surface area contributed by atoms with Crippen LogP contribution >= 0.6 is 0 Å². The van der Waals surface area contributed by atoms with Crippen LogP contribution in [0.4, 0.5) is 17.1 Å². The highest BCUT2D eigenvalue weighted by atomic mass is 16.3. The van der Waals surface area contributed by atoms with E-state index in [4.69, 9.17) is 10.2 Å². The van der Waals surface area contributed by atoms with E-state index in [0.29, 0.717) is 5.89 Å². The molecule has 0 saturated heterocycles. The van der Waals surface area contributed by atoms with E-state index in [1.54, 1.807) is 0 Å². The topological polar surface area (TPSA) is 55.3 Å². The Labute approximate surface area is 117 Å². The van der Waals surface area contributed by atoms with Gasteiger partial charge < -0.3 is 15.1 Å². The maximum Gasteiger partial charge on any atom is 0.192 e. The molecule has 0 aliphatic heterocycles. The minimum absolute atomic E-state index is 0.676. The highest BCUT2D eigenvalue weighted by Crippen LogP contribution is 2.31. The van der Waals surface area contributed by atoms with Crippen molar-refractivity contribution >= 4 is 28.2 Å². The van der Waals surface area contributed by atoms with Gasteiger partial charge >= 0.3 is 0 Å². The summed E-state index contributed by atoms with van der Waals surface area (Å²) >= 11 is 0. The van der Waals surface area contributed by atoms with Crippen LogP contribution in [0.1, 0.15) is 11.5 Å². The first-order chi connectivity index (χ1) is 9.54. The van der Waals surface area contributed by atoms with Crippen molar-refractivity contribution in [2.24, 2.45) is 0 Å². The molecular formula is C16H17N3O. The van der Waals surface area contributed by atoms with Crippen LogP contribution in [-0.4, -0.2) is 12.0 Å². The number of oxazole rings is 1. The Balaban J connectivity index is 2.04. The fourth-order valence-corrected chi connectivity index (χ4v) is 2.36. The zero-order chi connectivity index (χ0) is 14.3. The number of rotatable bonds is 2. The molecule has 1 aromatic heterocycles. The van der Waals surface area contributed by atoms with Crippen LogP contribution in [0.2, 0.25) is 0 Å². The van der Waals surface area contributed by atoms with Crippen molar-refractivity contribution in [3.63, 3.8) is 0 Å². The van der Waals surface area contributed by atoms with Gasteiger partial charge in [0, 0.05) is 19.7 Å². The van der Waals surface area contributed by atoms with Gasteiger partial charge in [0.15, 0.2) is 11.5 Å². The van der Waals surface area contributed by atoms with Crippen LogP contribution in [0.3, 0.4) is 0 Å². The monoisotopic (exact) mass is 267 g/mol. The molecule has 2 N–H and O–H groups in total. The maximum atomic E-state index is 6.10. The molecule has 4 nitrogen and oxygen atoms in total. The zero-order valence-electron chi connectivity index (χ0n) is 11.8. The van der Waals surface area contributed by atoms with E-state index in [1.165, 1.54) is 0 Å². The SMILES string of the molecule is Cc1ccc(N(C)c2ccc3oc(C)nc3c2)c(N)c1. The molecule has 3 aromatic rings. The second kappa shape index (κ2) is 4.56. The average molecular weight is 267 g/mol. The summed E-state index contributed by atoms with van der Waals surface area (Å²) in [5, 5.41) is 0. The molecule has 0 aliphatic carbocycles. The molecule has 0 saturated carbocycles. The first-order valence-corrected chi connectivity index (χ1v) is 6.51. The van der Waals surface area contributed by atoms with Crippen molar-refractivity contribution in [3.05, 3.63) is 47.9 Å². The van der Waals surface area contributed by atoms with Crippen molar-refractivity contribution in [2.45, 2.75) is 13.8 Å². The normalized spacial score (nSPS) is 10.9. The molecule has 1 heterocycles. The van der Waals surface area contributed by atoms with Gasteiger partial charge in [0.2, 0.25) is 0 Å². The van der Waals surface area contributed by atoms with Gasteiger partial charge in [-0.1, -0.05) is 6.07 Å². The first-order valence-electron chi connectivity index (χ1n) is 6.51. The lowest BCUT2D eigenvalue weighted by Gasteiger charge is -2.21. The summed E-state index contributed by atoms with van der Waals surface area (Å²) < 4.78 is 5.49. The lowest BCUT2D eigenvalue weighted by atomic mass is 10.1. The molecule has 0 spiro atoms. The second-order valence-corrected chi connectivity index (χ2v) is 5.01. The van der Waals surface area contributed by atoms with Crippen LogP contribution < -0.4 is 10.6 Å². The van der Waals surface area contributed by atoms with E-state index in [1.807, 2.05) is 51.2 Å². The van der Waals surface area contributed by atoms with E-state index in [9.17, 15) is 0 Å². The van der Waals surface area contributed by atoms with Gasteiger partial charge in [0.25, 0.3) is 0 Å². The Hall–Kier alpha value is -2.49. The van der Waals surface area contributed by atoms with E-state index >= 15 is 0 Å². The smallest absolute Gasteiger partial charge is 0.192 e. The maximum absolute atomic E-state index is 6.10. The summed E-state index contributed by atoms with van der Waals surface area (Å²) in [4.78, 5) is 6.42. The van der Waals surface area contributed by atoms with Gasteiger partial charge in [-0.2, -0.15) is 0 Å². The molecule has 0 unspecified atom stereocenters. The van der Waals surface area contributed by atoms with Crippen molar-refractivity contribution in [3.8, 4) is 0 Å². The molecular weight excluding hydrogens is 250 g/mol. The van der Waals surface area contributed by atoms with E-state index in [-0.39, 0.29) is 0 Å². The molecule has 2 aromatic carbocycles. The van der Waals surface area contributed by atoms with Crippen LogP contribution in [0.25, 0.3) is 11.1 Å². The van der Waals surface area contributed by atoms with E-state index < -0.39 is 0 Å². The van der Waals surface area contributed by atoms with Gasteiger partial charge in [-0.05, 0) is 42.8 Å². The van der Waals surface area contributed by atoms with Crippen LogP contribution in [0.15, 0.2) is 40.8 Å². The summed E-state index contributed by atoms with van der Waals surface area (Å²) in [6, 6.07) is 12.0. The Morgan fingerprint density at radius 2 is 1.90 bits per heavy atom. The second-order valence-electron chi connectivity index (χ2n) is 5.01. The third-order valence-corrected chi connectivity index (χ3v) is 3.41. The molecule has 102 valence electrons. The number of aryl methyl sites for hydroxylation is 2. The minimum atomic E-state index is 0.676. The quantitative estimate of drug-likeness (QED) is 0.718. The summed E-state index contributed by atoms with van der Waals surface area (Å²) in [7, 11) is 2.00. The molecule has 0 amide bonds. The first kappa shape index (κ1) is 12.5. The van der Waals surface area contributed by atoms with E-state index in [2.05, 4.69) is 16.0 Å². The van der Waals surface area contributed by atoms with Gasteiger partial charge in [-0.25, -0.2) is 4.98 Å². The standard InChI is InChI=1S/C16H17N3O/c1-10-4-6-15(13(17)8-10)19(3)12-5-7-16-14(9-12)18-11(2)20-16/h4-9H,17H2,1-3H3. The van der Waals surface area contributed by atoms with Gasteiger partial charge in [0.05, 0.1) is 11.4 Å². The van der Waals surface area contributed by atoms with Crippen molar-refractivity contribution in [1.29, 1.82) is 0 Å². The Morgan fingerprint density at radius 1 is 1.10 bits per heavy atom. The fraction of sp³-hybridized carbons (Fsp3) is 0.188. The largest absolute Gasteiger partial charge is 0.441 e. The Kier molecular flexibility index (Phi) is 2.86. The summed E-state index contributed by atoms with van der Waals surface area (Å²) in [5.41, 5.74) is 11.7. The number of benzene rings is 2. The summed E-state index contributed by atoms with van der Waals surface area (Å²) in [6.45, 7) is 3.88. The molecule has 0 aliphatic rings. The molecule has 20 heavy (non-hydrogen) atoms. The minimum Gasteiger partial charge on any atom is -0.441 e. The van der Waals surface area contributed by atoms with Gasteiger partial charge in [-0.3, -0.25) is 0 Å². The number of hydrogen-bond donors (Lipinski definition) is 1. The molecule has 0 fully saturated rings. The molecule has 0 radical (unpaired) electrons. The number of nitrogen functional groups attached to an aromatic ring is 1. The Morgan fingerprint density at radius 3 is 2.65 bits per heavy atom. The molecule has 0 bridgehead atoms. The molecule has 3 rings (SSSR count). The third-order valence-electron chi connectivity index (χ3n) is 3.41.